The van der Waals surface area contributed by atoms with Crippen LogP contribution in [0.4, 0.5) is 0 Å². The number of nitrogens with zero attached hydrogens (tertiary/aromatic N) is 1. The Morgan fingerprint density at radius 2 is 2.00 bits per heavy atom. The molecular weight excluding hydrogens is 186 g/mol. The maximum atomic E-state index is 11.5. The fourth-order valence-electron chi connectivity index (χ4n) is 1.93. The Hall–Kier alpha value is -0.240. The van der Waals surface area contributed by atoms with Crippen molar-refractivity contribution < 1.29 is 4.79 Å². The molecule has 0 radical (unpaired) electrons. The third-order valence-electron chi connectivity index (χ3n) is 2.82. The van der Waals surface area contributed by atoms with Crippen LogP contribution in [0.2, 0.25) is 0 Å². The molecular formula is C10H18ClNO. The summed E-state index contributed by atoms with van der Waals surface area (Å²) in [4.78, 5) is 13.4. The molecule has 0 aromatic carbocycles. The molecule has 0 saturated heterocycles. The van der Waals surface area contributed by atoms with Crippen molar-refractivity contribution in [2.75, 3.05) is 12.9 Å². The minimum Gasteiger partial charge on any atom is -0.343 e. The lowest BCUT2D eigenvalue weighted by molar-refractivity contribution is -0.132. The van der Waals surface area contributed by atoms with E-state index in [0.717, 1.165) is 0 Å². The molecule has 0 atom stereocenters. The van der Waals surface area contributed by atoms with Gasteiger partial charge in [-0.25, -0.2) is 0 Å². The summed E-state index contributed by atoms with van der Waals surface area (Å²) in [5, 5.41) is 0. The summed E-state index contributed by atoms with van der Waals surface area (Å²) in [6, 6.07) is 0.476. The van der Waals surface area contributed by atoms with Gasteiger partial charge in [0, 0.05) is 25.4 Å². The molecule has 0 aromatic heterocycles. The predicted molar refractivity (Wildman–Crippen MR) is 55.0 cm³/mol. The van der Waals surface area contributed by atoms with Gasteiger partial charge in [-0.2, -0.15) is 0 Å². The van der Waals surface area contributed by atoms with Gasteiger partial charge in [0.15, 0.2) is 0 Å². The summed E-state index contributed by atoms with van der Waals surface area (Å²) in [5.74, 6) is 0.637. The lowest BCUT2D eigenvalue weighted by Crippen LogP contribution is -2.38. The summed E-state index contributed by atoms with van der Waals surface area (Å²) in [6.45, 7) is 0. The second-order valence-electron chi connectivity index (χ2n) is 3.74. The van der Waals surface area contributed by atoms with Crippen LogP contribution < -0.4 is 0 Å². The maximum absolute atomic E-state index is 11.5. The Bertz CT molecular complexity index is 166. The largest absolute Gasteiger partial charge is 0.343 e. The molecule has 13 heavy (non-hydrogen) atoms. The van der Waals surface area contributed by atoms with E-state index in [9.17, 15) is 4.79 Å². The minimum absolute atomic E-state index is 0.196. The van der Waals surface area contributed by atoms with Gasteiger partial charge in [-0.1, -0.05) is 19.3 Å². The van der Waals surface area contributed by atoms with Crippen molar-refractivity contribution in [3.8, 4) is 0 Å². The van der Waals surface area contributed by atoms with Crippen LogP contribution in [0.5, 0.6) is 0 Å². The Morgan fingerprint density at radius 3 is 2.54 bits per heavy atom. The Kier molecular flexibility index (Phi) is 4.57. The molecule has 0 aliphatic heterocycles. The molecule has 0 N–H and O–H groups in total. The molecule has 0 spiro atoms. The van der Waals surface area contributed by atoms with Crippen molar-refractivity contribution in [2.24, 2.45) is 0 Å². The first-order chi connectivity index (χ1) is 6.25. The number of alkyl halides is 1. The SMILES string of the molecule is CN(C(=O)CCCl)C1CCCCC1. The second-order valence-corrected chi connectivity index (χ2v) is 4.11. The van der Waals surface area contributed by atoms with Gasteiger partial charge in [0.2, 0.25) is 5.91 Å². The molecule has 0 unspecified atom stereocenters. The number of rotatable bonds is 3. The number of hydrogen-bond donors (Lipinski definition) is 0. The van der Waals surface area contributed by atoms with E-state index in [-0.39, 0.29) is 5.91 Å². The van der Waals surface area contributed by atoms with Gasteiger partial charge in [0.05, 0.1) is 0 Å². The van der Waals surface area contributed by atoms with Gasteiger partial charge in [0.1, 0.15) is 0 Å². The fraction of sp³-hybridized carbons (Fsp3) is 0.900. The average molecular weight is 204 g/mol. The van der Waals surface area contributed by atoms with E-state index in [0.29, 0.717) is 18.3 Å². The third kappa shape index (κ3) is 3.18. The molecule has 0 aromatic rings. The van der Waals surface area contributed by atoms with Crippen LogP contribution in [0.1, 0.15) is 38.5 Å². The van der Waals surface area contributed by atoms with Gasteiger partial charge in [0.25, 0.3) is 0 Å². The normalized spacial score (nSPS) is 18.6. The summed E-state index contributed by atoms with van der Waals surface area (Å²) >= 11 is 5.53. The standard InChI is InChI=1S/C10H18ClNO/c1-12(10(13)7-8-11)9-5-3-2-4-6-9/h9H,2-8H2,1H3. The average Bonchev–Trinajstić information content (AvgIpc) is 2.18. The first-order valence-corrected chi connectivity index (χ1v) is 5.60. The van der Waals surface area contributed by atoms with Crippen LogP contribution in [-0.2, 0) is 4.79 Å². The van der Waals surface area contributed by atoms with Crippen molar-refractivity contribution in [3.05, 3.63) is 0 Å². The molecule has 1 fully saturated rings. The summed E-state index contributed by atoms with van der Waals surface area (Å²) < 4.78 is 0. The molecule has 1 aliphatic carbocycles. The third-order valence-corrected chi connectivity index (χ3v) is 3.01. The zero-order valence-electron chi connectivity index (χ0n) is 8.26. The molecule has 2 nitrogen and oxygen atoms in total. The van der Waals surface area contributed by atoms with E-state index in [1.807, 2.05) is 11.9 Å². The molecule has 0 bridgehead atoms. The van der Waals surface area contributed by atoms with E-state index < -0.39 is 0 Å². The van der Waals surface area contributed by atoms with Gasteiger partial charge in [-0.05, 0) is 12.8 Å². The molecule has 76 valence electrons. The Labute approximate surface area is 85.2 Å². The van der Waals surface area contributed by atoms with Gasteiger partial charge in [-0.3, -0.25) is 4.79 Å². The Morgan fingerprint density at radius 1 is 1.38 bits per heavy atom. The van der Waals surface area contributed by atoms with E-state index >= 15 is 0 Å². The number of halogens is 1. The quantitative estimate of drug-likeness (QED) is 0.646. The van der Waals surface area contributed by atoms with E-state index in [4.69, 9.17) is 11.6 Å². The van der Waals surface area contributed by atoms with Gasteiger partial charge in [-0.15, -0.1) is 11.6 Å². The van der Waals surface area contributed by atoms with Crippen LogP contribution in [0.15, 0.2) is 0 Å². The van der Waals surface area contributed by atoms with Gasteiger partial charge >= 0.3 is 0 Å². The number of amides is 1. The van der Waals surface area contributed by atoms with Crippen molar-refractivity contribution in [1.82, 2.24) is 4.90 Å². The lowest BCUT2D eigenvalue weighted by Gasteiger charge is -2.31. The van der Waals surface area contributed by atoms with Crippen LogP contribution in [0.25, 0.3) is 0 Å². The van der Waals surface area contributed by atoms with Gasteiger partial charge < -0.3 is 4.90 Å². The highest BCUT2D eigenvalue weighted by molar-refractivity contribution is 6.18. The zero-order chi connectivity index (χ0) is 9.68. The summed E-state index contributed by atoms with van der Waals surface area (Å²) in [6.07, 6.45) is 6.68. The topological polar surface area (TPSA) is 20.3 Å². The van der Waals surface area contributed by atoms with Crippen molar-refractivity contribution in [2.45, 2.75) is 44.6 Å². The predicted octanol–water partition coefficient (Wildman–Crippen LogP) is 2.41. The highest BCUT2D eigenvalue weighted by atomic mass is 35.5. The van der Waals surface area contributed by atoms with E-state index in [1.165, 1.54) is 32.1 Å². The summed E-state index contributed by atoms with van der Waals surface area (Å²) in [7, 11) is 1.91. The minimum atomic E-state index is 0.196. The number of hydrogen-bond acceptors (Lipinski definition) is 1. The van der Waals surface area contributed by atoms with E-state index in [2.05, 4.69) is 0 Å². The number of carbonyl (C=O) groups is 1. The van der Waals surface area contributed by atoms with E-state index in [1.54, 1.807) is 0 Å². The molecule has 1 rings (SSSR count). The van der Waals surface area contributed by atoms with Crippen molar-refractivity contribution in [3.63, 3.8) is 0 Å². The maximum Gasteiger partial charge on any atom is 0.223 e. The summed E-state index contributed by atoms with van der Waals surface area (Å²) in [5.41, 5.74) is 0. The van der Waals surface area contributed by atoms with Crippen LogP contribution in [0.3, 0.4) is 0 Å². The molecule has 1 aliphatic rings. The smallest absolute Gasteiger partial charge is 0.223 e. The van der Waals surface area contributed by atoms with Crippen LogP contribution >= 0.6 is 11.6 Å². The molecule has 3 heteroatoms. The highest BCUT2D eigenvalue weighted by Gasteiger charge is 2.21. The Balaban J connectivity index is 2.35. The van der Waals surface area contributed by atoms with Crippen LogP contribution in [0, 0.1) is 0 Å². The molecule has 1 amide bonds. The first-order valence-electron chi connectivity index (χ1n) is 5.07. The zero-order valence-corrected chi connectivity index (χ0v) is 9.02. The fourth-order valence-corrected chi connectivity index (χ4v) is 2.09. The monoisotopic (exact) mass is 203 g/mol. The molecule has 1 saturated carbocycles. The van der Waals surface area contributed by atoms with Crippen molar-refractivity contribution in [1.29, 1.82) is 0 Å². The first kappa shape index (κ1) is 10.8. The van der Waals surface area contributed by atoms with Crippen molar-refractivity contribution >= 4 is 17.5 Å². The number of carbonyl (C=O) groups excluding carboxylic acids is 1. The second kappa shape index (κ2) is 5.48. The molecule has 0 heterocycles. The highest BCUT2D eigenvalue weighted by Crippen LogP contribution is 2.21. The lowest BCUT2D eigenvalue weighted by atomic mass is 9.94. The van der Waals surface area contributed by atoms with Crippen LogP contribution in [-0.4, -0.2) is 29.8 Å².